The Bertz CT molecular complexity index is 763. The van der Waals surface area contributed by atoms with Crippen LogP contribution in [0.3, 0.4) is 0 Å². The Morgan fingerprint density at radius 2 is 1.65 bits per heavy atom. The fourth-order valence-electron chi connectivity index (χ4n) is 1.81. The lowest BCUT2D eigenvalue weighted by Gasteiger charge is -2.05. The van der Waals surface area contributed by atoms with Crippen LogP contribution in [-0.4, -0.2) is 27.2 Å². The minimum absolute atomic E-state index is 0.0447. The molecule has 1 heterocycles. The van der Waals surface area contributed by atoms with Gasteiger partial charge in [0.05, 0.1) is 17.2 Å². The van der Waals surface area contributed by atoms with Crippen molar-refractivity contribution in [1.29, 1.82) is 0 Å². The van der Waals surface area contributed by atoms with Crippen LogP contribution in [0.4, 0.5) is 0 Å². The van der Waals surface area contributed by atoms with Crippen LogP contribution >= 0.6 is 23.2 Å². The molecular weight excluding hydrogens is 301 g/mol. The largest absolute Gasteiger partial charge is 0.506 e. The molecule has 0 saturated heterocycles. The summed E-state index contributed by atoms with van der Waals surface area (Å²) in [5.41, 5.74) is 1.58. The number of phenolic OH excluding ortho intramolecular Hbond substituents is 1. The molecule has 0 aliphatic carbocycles. The van der Waals surface area contributed by atoms with Crippen LogP contribution in [0.15, 0.2) is 30.3 Å². The second-order valence-corrected chi connectivity index (χ2v) is 4.91. The lowest BCUT2D eigenvalue weighted by molar-refractivity contribution is 0.411. The lowest BCUT2D eigenvalue weighted by atomic mass is 10.3. The summed E-state index contributed by atoms with van der Waals surface area (Å²) in [4.78, 5) is 1.31. The van der Waals surface area contributed by atoms with Gasteiger partial charge >= 0.3 is 0 Å². The van der Waals surface area contributed by atoms with Gasteiger partial charge in [0.1, 0.15) is 28.2 Å². The van der Waals surface area contributed by atoms with Crippen LogP contribution in [0.5, 0.6) is 11.5 Å². The molecule has 3 rings (SSSR count). The van der Waals surface area contributed by atoms with Crippen molar-refractivity contribution in [2.75, 3.05) is 7.11 Å². The highest BCUT2D eigenvalue weighted by Gasteiger charge is 2.11. The third-order valence-corrected chi connectivity index (χ3v) is 3.54. The number of ether oxygens (including phenoxy) is 1. The lowest BCUT2D eigenvalue weighted by Crippen LogP contribution is -1.99. The summed E-state index contributed by atoms with van der Waals surface area (Å²) in [5.74, 6) is 0.638. The predicted octanol–water partition coefficient (Wildman–Crippen LogP) is 3.44. The highest BCUT2D eigenvalue weighted by atomic mass is 35.5. The van der Waals surface area contributed by atoms with Gasteiger partial charge < -0.3 is 9.84 Å². The summed E-state index contributed by atoms with van der Waals surface area (Å²) < 4.78 is 5.12. The predicted molar refractivity (Wildman–Crippen MR) is 77.1 cm³/mol. The van der Waals surface area contributed by atoms with Gasteiger partial charge in [0.15, 0.2) is 0 Å². The Hall–Kier alpha value is -1.98. The van der Waals surface area contributed by atoms with Gasteiger partial charge in [0.25, 0.3) is 0 Å². The topological polar surface area (TPSA) is 60.2 Å². The minimum Gasteiger partial charge on any atom is -0.506 e. The molecule has 7 heteroatoms. The normalized spacial score (nSPS) is 10.9. The van der Waals surface area contributed by atoms with Gasteiger partial charge in [0, 0.05) is 6.07 Å². The van der Waals surface area contributed by atoms with Crippen LogP contribution in [-0.2, 0) is 0 Å². The van der Waals surface area contributed by atoms with Crippen molar-refractivity contribution in [1.82, 2.24) is 15.0 Å². The van der Waals surface area contributed by atoms with Gasteiger partial charge in [-0.25, -0.2) is 0 Å². The Kier molecular flexibility index (Phi) is 3.16. The molecule has 0 amide bonds. The number of fused-ring (bicyclic) bond motifs is 1. The molecule has 0 aliphatic rings. The number of hydrogen-bond donors (Lipinski definition) is 1. The summed E-state index contributed by atoms with van der Waals surface area (Å²) in [7, 11) is 1.54. The third kappa shape index (κ3) is 2.15. The first-order chi connectivity index (χ1) is 9.58. The van der Waals surface area contributed by atoms with Gasteiger partial charge in [-0.2, -0.15) is 0 Å². The molecule has 1 N–H and O–H groups in total. The van der Waals surface area contributed by atoms with E-state index in [2.05, 4.69) is 10.2 Å². The van der Waals surface area contributed by atoms with Crippen molar-refractivity contribution < 1.29 is 9.84 Å². The van der Waals surface area contributed by atoms with Crippen LogP contribution in [0.2, 0.25) is 10.0 Å². The maximum atomic E-state index is 9.91. The molecule has 102 valence electrons. The molecule has 0 radical (unpaired) electrons. The van der Waals surface area contributed by atoms with Crippen LogP contribution < -0.4 is 4.74 Å². The molecule has 3 aromatic rings. The maximum absolute atomic E-state index is 9.91. The van der Waals surface area contributed by atoms with E-state index in [1.54, 1.807) is 31.4 Å². The number of aromatic hydroxyl groups is 1. The number of hydrogen-bond acceptors (Lipinski definition) is 4. The summed E-state index contributed by atoms with van der Waals surface area (Å²) in [6.07, 6.45) is 0. The van der Waals surface area contributed by atoms with Crippen molar-refractivity contribution in [3.8, 4) is 17.2 Å². The summed E-state index contributed by atoms with van der Waals surface area (Å²) in [5, 5.41) is 19.3. The summed E-state index contributed by atoms with van der Waals surface area (Å²) in [6, 6.07) is 8.05. The SMILES string of the molecule is COc1ccc(O)c(-n2nc3cc(Cl)c(Cl)cc3n2)c1. The van der Waals surface area contributed by atoms with Crippen molar-refractivity contribution in [3.05, 3.63) is 40.4 Å². The number of nitrogens with zero attached hydrogens (tertiary/aromatic N) is 3. The smallest absolute Gasteiger partial charge is 0.143 e. The minimum atomic E-state index is 0.0447. The van der Waals surface area contributed by atoms with Gasteiger partial charge in [-0.15, -0.1) is 15.0 Å². The van der Waals surface area contributed by atoms with E-state index in [1.165, 1.54) is 10.9 Å². The molecule has 0 unspecified atom stereocenters. The van der Waals surface area contributed by atoms with E-state index in [0.717, 1.165) is 0 Å². The summed E-state index contributed by atoms with van der Waals surface area (Å²) in [6.45, 7) is 0. The number of aromatic nitrogens is 3. The van der Waals surface area contributed by atoms with Crippen molar-refractivity contribution in [2.45, 2.75) is 0 Å². The number of halogens is 2. The summed E-state index contributed by atoms with van der Waals surface area (Å²) >= 11 is 11.9. The molecule has 0 aliphatic heterocycles. The molecule has 1 aromatic heterocycles. The van der Waals surface area contributed by atoms with E-state index < -0.39 is 0 Å². The molecule has 0 atom stereocenters. The van der Waals surface area contributed by atoms with E-state index >= 15 is 0 Å². The zero-order chi connectivity index (χ0) is 14.3. The van der Waals surface area contributed by atoms with Gasteiger partial charge in [-0.05, 0) is 24.3 Å². The number of methoxy groups -OCH3 is 1. The van der Waals surface area contributed by atoms with Crippen molar-refractivity contribution >= 4 is 34.2 Å². The second kappa shape index (κ2) is 4.85. The number of rotatable bonds is 2. The molecule has 2 aromatic carbocycles. The molecule has 20 heavy (non-hydrogen) atoms. The fourth-order valence-corrected chi connectivity index (χ4v) is 2.13. The van der Waals surface area contributed by atoms with Crippen LogP contribution in [0.1, 0.15) is 0 Å². The highest BCUT2D eigenvalue weighted by molar-refractivity contribution is 6.42. The first kappa shape index (κ1) is 13.0. The van der Waals surface area contributed by atoms with E-state index in [4.69, 9.17) is 27.9 Å². The van der Waals surface area contributed by atoms with Crippen molar-refractivity contribution in [3.63, 3.8) is 0 Å². The fraction of sp³-hybridized carbons (Fsp3) is 0.0769. The molecule has 0 saturated carbocycles. The van der Waals surface area contributed by atoms with Gasteiger partial charge in [-0.3, -0.25) is 0 Å². The zero-order valence-electron chi connectivity index (χ0n) is 10.3. The average molecular weight is 310 g/mol. The van der Waals surface area contributed by atoms with Gasteiger partial charge in [0.2, 0.25) is 0 Å². The first-order valence-electron chi connectivity index (χ1n) is 5.68. The Morgan fingerprint density at radius 3 is 2.20 bits per heavy atom. The first-order valence-corrected chi connectivity index (χ1v) is 6.43. The monoisotopic (exact) mass is 309 g/mol. The number of benzene rings is 2. The Morgan fingerprint density at radius 1 is 1.05 bits per heavy atom. The van der Waals surface area contributed by atoms with E-state index in [9.17, 15) is 5.11 Å². The molecule has 0 bridgehead atoms. The number of phenols is 1. The maximum Gasteiger partial charge on any atom is 0.143 e. The molecule has 0 spiro atoms. The zero-order valence-corrected chi connectivity index (χ0v) is 11.9. The van der Waals surface area contributed by atoms with E-state index in [0.29, 0.717) is 32.5 Å². The highest BCUT2D eigenvalue weighted by Crippen LogP contribution is 2.29. The molecule has 5 nitrogen and oxygen atoms in total. The van der Waals surface area contributed by atoms with E-state index in [1.807, 2.05) is 0 Å². The van der Waals surface area contributed by atoms with E-state index in [-0.39, 0.29) is 5.75 Å². The molecular formula is C13H9Cl2N3O2. The Balaban J connectivity index is 2.19. The van der Waals surface area contributed by atoms with Crippen LogP contribution in [0, 0.1) is 0 Å². The van der Waals surface area contributed by atoms with Crippen molar-refractivity contribution in [2.24, 2.45) is 0 Å². The van der Waals surface area contributed by atoms with Crippen LogP contribution in [0.25, 0.3) is 16.7 Å². The quantitative estimate of drug-likeness (QED) is 0.787. The third-order valence-electron chi connectivity index (χ3n) is 2.82. The average Bonchev–Trinajstić information content (AvgIpc) is 2.82. The standard InChI is InChI=1S/C13H9Cl2N3O2/c1-20-7-2-3-13(19)12(4-7)18-16-10-5-8(14)9(15)6-11(10)17-18/h2-6,19H,1H3. The Labute approximate surface area is 124 Å². The van der Waals surface area contributed by atoms with Gasteiger partial charge in [-0.1, -0.05) is 23.2 Å². The second-order valence-electron chi connectivity index (χ2n) is 4.10. The molecule has 0 fully saturated rings.